The van der Waals surface area contributed by atoms with E-state index in [1.54, 1.807) is 4.68 Å². The first kappa shape index (κ1) is 23.0. The zero-order valence-electron chi connectivity index (χ0n) is 18.7. The van der Waals surface area contributed by atoms with Crippen molar-refractivity contribution in [2.24, 2.45) is 7.05 Å². The maximum absolute atomic E-state index is 10.4. The van der Waals surface area contributed by atoms with Crippen LogP contribution in [0.15, 0.2) is 60.7 Å². The molecular formula is C25H33N3O3. The second-order valence-electron chi connectivity index (χ2n) is 7.59. The van der Waals surface area contributed by atoms with Crippen molar-refractivity contribution in [1.82, 2.24) is 14.7 Å². The van der Waals surface area contributed by atoms with Crippen LogP contribution in [0.4, 0.5) is 0 Å². The Labute approximate surface area is 185 Å². The lowest BCUT2D eigenvalue weighted by molar-refractivity contribution is 0.0195. The van der Waals surface area contributed by atoms with Gasteiger partial charge in [0.1, 0.15) is 11.4 Å². The molecule has 1 N–H and O–H groups in total. The van der Waals surface area contributed by atoms with Gasteiger partial charge in [0.15, 0.2) is 0 Å². The molecule has 3 rings (SSSR count). The van der Waals surface area contributed by atoms with Gasteiger partial charge in [-0.1, -0.05) is 55.5 Å². The summed E-state index contributed by atoms with van der Waals surface area (Å²) in [5, 5.41) is 15.2. The standard InChI is InChI=1S/C25H33N3O3/c1-4-16-28(17-21(29)19-30-5-2)18-23-24(20-12-8-6-9-13-20)26-27(3)25(23)31-22-14-10-7-11-15-22/h6-15,21,29H,4-5,16-19H2,1-3H3. The van der Waals surface area contributed by atoms with E-state index in [2.05, 4.69) is 24.0 Å². The first-order valence-corrected chi connectivity index (χ1v) is 10.9. The van der Waals surface area contributed by atoms with E-state index in [1.807, 2.05) is 62.5 Å². The average Bonchev–Trinajstić information content (AvgIpc) is 3.09. The van der Waals surface area contributed by atoms with Crippen molar-refractivity contribution in [3.8, 4) is 22.9 Å². The lowest BCUT2D eigenvalue weighted by Gasteiger charge is -2.25. The number of aliphatic hydroxyl groups excluding tert-OH is 1. The van der Waals surface area contributed by atoms with Crippen LogP contribution in [0.3, 0.4) is 0 Å². The van der Waals surface area contributed by atoms with E-state index in [1.165, 1.54) is 0 Å². The third-order valence-electron chi connectivity index (χ3n) is 5.00. The number of aryl methyl sites for hydroxylation is 1. The van der Waals surface area contributed by atoms with Gasteiger partial charge >= 0.3 is 0 Å². The van der Waals surface area contributed by atoms with E-state index in [0.717, 1.165) is 35.5 Å². The molecule has 1 atom stereocenters. The van der Waals surface area contributed by atoms with Crippen molar-refractivity contribution in [2.75, 3.05) is 26.3 Å². The Morgan fingerprint density at radius 2 is 1.71 bits per heavy atom. The molecule has 1 heterocycles. The number of benzene rings is 2. The quantitative estimate of drug-likeness (QED) is 0.465. The highest BCUT2D eigenvalue weighted by molar-refractivity contribution is 5.65. The zero-order chi connectivity index (χ0) is 22.1. The van der Waals surface area contributed by atoms with Gasteiger partial charge in [-0.25, -0.2) is 4.68 Å². The molecule has 0 aliphatic heterocycles. The molecule has 2 aromatic carbocycles. The molecule has 0 aliphatic carbocycles. The van der Waals surface area contributed by atoms with Gasteiger partial charge in [-0.2, -0.15) is 5.10 Å². The van der Waals surface area contributed by atoms with Gasteiger partial charge in [0.2, 0.25) is 5.88 Å². The molecule has 0 aliphatic rings. The third kappa shape index (κ3) is 6.40. The first-order valence-electron chi connectivity index (χ1n) is 10.9. The molecule has 1 aromatic heterocycles. The Morgan fingerprint density at radius 1 is 1.03 bits per heavy atom. The van der Waals surface area contributed by atoms with Crippen LogP contribution >= 0.6 is 0 Å². The number of aliphatic hydroxyl groups is 1. The predicted octanol–water partition coefficient (Wildman–Crippen LogP) is 4.49. The minimum atomic E-state index is -0.540. The summed E-state index contributed by atoms with van der Waals surface area (Å²) in [6.45, 7) is 7.02. The van der Waals surface area contributed by atoms with Crippen LogP contribution in [0.25, 0.3) is 11.3 Å². The van der Waals surface area contributed by atoms with Crippen molar-refractivity contribution in [3.05, 3.63) is 66.2 Å². The number of hydrogen-bond donors (Lipinski definition) is 1. The van der Waals surface area contributed by atoms with Crippen LogP contribution in [0.1, 0.15) is 25.8 Å². The molecule has 0 amide bonds. The summed E-state index contributed by atoms with van der Waals surface area (Å²) in [5.74, 6) is 1.48. The smallest absolute Gasteiger partial charge is 0.222 e. The number of nitrogens with zero attached hydrogens (tertiary/aromatic N) is 3. The number of para-hydroxylation sites is 1. The molecule has 1 unspecified atom stereocenters. The Bertz CT molecular complexity index is 913. The van der Waals surface area contributed by atoms with Crippen molar-refractivity contribution in [2.45, 2.75) is 32.9 Å². The van der Waals surface area contributed by atoms with Crippen LogP contribution < -0.4 is 4.74 Å². The van der Waals surface area contributed by atoms with E-state index in [4.69, 9.17) is 14.6 Å². The Morgan fingerprint density at radius 3 is 2.35 bits per heavy atom. The van der Waals surface area contributed by atoms with Crippen molar-refractivity contribution in [1.29, 1.82) is 0 Å². The molecule has 31 heavy (non-hydrogen) atoms. The van der Waals surface area contributed by atoms with Gasteiger partial charge in [-0.05, 0) is 32.0 Å². The van der Waals surface area contributed by atoms with Crippen LogP contribution in [-0.4, -0.2) is 52.2 Å². The maximum atomic E-state index is 10.4. The van der Waals surface area contributed by atoms with E-state index >= 15 is 0 Å². The first-order chi connectivity index (χ1) is 15.1. The molecule has 0 saturated carbocycles. The zero-order valence-corrected chi connectivity index (χ0v) is 18.7. The molecule has 0 bridgehead atoms. The van der Waals surface area contributed by atoms with Gasteiger partial charge in [0.25, 0.3) is 0 Å². The van der Waals surface area contributed by atoms with E-state index < -0.39 is 6.10 Å². The lowest BCUT2D eigenvalue weighted by atomic mass is 10.1. The number of rotatable bonds is 12. The van der Waals surface area contributed by atoms with Gasteiger partial charge in [0.05, 0.1) is 18.3 Å². The molecule has 0 fully saturated rings. The second-order valence-corrected chi connectivity index (χ2v) is 7.59. The van der Waals surface area contributed by atoms with Gasteiger partial charge in [-0.15, -0.1) is 0 Å². The molecule has 0 radical (unpaired) electrons. The SMILES string of the molecule is CCCN(Cc1c(-c2ccccc2)nn(C)c1Oc1ccccc1)CC(O)COCC. The predicted molar refractivity (Wildman–Crippen MR) is 123 cm³/mol. The van der Waals surface area contributed by atoms with Crippen LogP contribution in [0, 0.1) is 0 Å². The van der Waals surface area contributed by atoms with Gasteiger partial charge < -0.3 is 14.6 Å². The molecule has 3 aromatic rings. The normalized spacial score (nSPS) is 12.3. The van der Waals surface area contributed by atoms with Crippen LogP contribution in [-0.2, 0) is 18.3 Å². The number of hydrogen-bond acceptors (Lipinski definition) is 5. The number of aromatic nitrogens is 2. The molecule has 6 nitrogen and oxygen atoms in total. The minimum Gasteiger partial charge on any atom is -0.439 e. The fraction of sp³-hybridized carbons (Fsp3) is 0.400. The maximum Gasteiger partial charge on any atom is 0.222 e. The third-order valence-corrected chi connectivity index (χ3v) is 5.00. The molecule has 6 heteroatoms. The van der Waals surface area contributed by atoms with Crippen LogP contribution in [0.5, 0.6) is 11.6 Å². The number of ether oxygens (including phenoxy) is 2. The average molecular weight is 424 g/mol. The molecule has 0 spiro atoms. The summed E-state index contributed by atoms with van der Waals surface area (Å²) in [6, 6.07) is 19.9. The highest BCUT2D eigenvalue weighted by atomic mass is 16.5. The lowest BCUT2D eigenvalue weighted by Crippen LogP contribution is -2.35. The Kier molecular flexibility index (Phi) is 8.64. The van der Waals surface area contributed by atoms with E-state index in [-0.39, 0.29) is 0 Å². The van der Waals surface area contributed by atoms with Crippen molar-refractivity contribution < 1.29 is 14.6 Å². The summed E-state index contributed by atoms with van der Waals surface area (Å²) < 4.78 is 13.5. The summed E-state index contributed by atoms with van der Waals surface area (Å²) in [4.78, 5) is 2.24. The monoisotopic (exact) mass is 423 g/mol. The van der Waals surface area contributed by atoms with E-state index in [9.17, 15) is 5.11 Å². The summed E-state index contributed by atoms with van der Waals surface area (Å²) in [6.07, 6.45) is 0.443. The highest BCUT2D eigenvalue weighted by Gasteiger charge is 2.23. The fourth-order valence-electron chi connectivity index (χ4n) is 3.63. The van der Waals surface area contributed by atoms with E-state index in [0.29, 0.717) is 32.2 Å². The summed E-state index contributed by atoms with van der Waals surface area (Å²) in [5.41, 5.74) is 2.95. The second kappa shape index (κ2) is 11.6. The van der Waals surface area contributed by atoms with Crippen molar-refractivity contribution >= 4 is 0 Å². The van der Waals surface area contributed by atoms with Crippen molar-refractivity contribution in [3.63, 3.8) is 0 Å². The fourth-order valence-corrected chi connectivity index (χ4v) is 3.63. The molecule has 166 valence electrons. The highest BCUT2D eigenvalue weighted by Crippen LogP contribution is 2.34. The Balaban J connectivity index is 1.94. The molecular weight excluding hydrogens is 390 g/mol. The molecule has 0 saturated heterocycles. The summed E-state index contributed by atoms with van der Waals surface area (Å²) in [7, 11) is 1.91. The topological polar surface area (TPSA) is 59.8 Å². The minimum absolute atomic E-state index is 0.336. The van der Waals surface area contributed by atoms with Gasteiger partial charge in [-0.3, -0.25) is 4.90 Å². The summed E-state index contributed by atoms with van der Waals surface area (Å²) >= 11 is 0. The van der Waals surface area contributed by atoms with Gasteiger partial charge in [0, 0.05) is 32.3 Å². The Hall–Kier alpha value is -2.67. The largest absolute Gasteiger partial charge is 0.439 e. The van der Waals surface area contributed by atoms with Crippen LogP contribution in [0.2, 0.25) is 0 Å².